The standard InChI is InChI=1S/C28H25ClN2O5S/c1-6-12-36-25-20(29)13-18(14-21(25)34-5)15-22-26(32)31-24(19-10-8-16(3)9-11-19)23(27(33)35-7-2)17(4)30-28(31)37-22/h1,8-11,13-15,24H,7,12H2,2-5H3/b22-15+/t24-/m1/s1. The molecule has 9 heteroatoms. The van der Waals surface area contributed by atoms with Crippen LogP contribution < -0.4 is 24.4 Å². The fraction of sp³-hybridized carbons (Fsp3) is 0.250. The Balaban J connectivity index is 1.90. The molecule has 1 aromatic heterocycles. The first-order valence-corrected chi connectivity index (χ1v) is 12.7. The topological polar surface area (TPSA) is 79.1 Å². The van der Waals surface area contributed by atoms with E-state index in [-0.39, 0.29) is 18.8 Å². The zero-order valence-corrected chi connectivity index (χ0v) is 22.4. The molecule has 190 valence electrons. The first-order valence-electron chi connectivity index (χ1n) is 11.5. The first-order chi connectivity index (χ1) is 17.8. The fourth-order valence-electron chi connectivity index (χ4n) is 4.08. The summed E-state index contributed by atoms with van der Waals surface area (Å²) in [5, 5.41) is 0.298. The molecule has 7 nitrogen and oxygen atoms in total. The summed E-state index contributed by atoms with van der Waals surface area (Å²) in [5.41, 5.74) is 3.05. The van der Waals surface area contributed by atoms with Crippen LogP contribution in [0.4, 0.5) is 0 Å². The van der Waals surface area contributed by atoms with Crippen molar-refractivity contribution in [3.05, 3.63) is 89.1 Å². The van der Waals surface area contributed by atoms with Gasteiger partial charge in [-0.05, 0) is 50.1 Å². The second-order valence-electron chi connectivity index (χ2n) is 8.24. The number of benzene rings is 2. The molecule has 0 aliphatic carbocycles. The molecule has 0 bridgehead atoms. The van der Waals surface area contributed by atoms with Crippen LogP contribution in [0.3, 0.4) is 0 Å². The maximum atomic E-state index is 13.7. The molecule has 2 aromatic carbocycles. The van der Waals surface area contributed by atoms with Gasteiger partial charge in [-0.2, -0.15) is 0 Å². The lowest BCUT2D eigenvalue weighted by molar-refractivity contribution is -0.139. The molecule has 0 unspecified atom stereocenters. The third-order valence-corrected chi connectivity index (χ3v) is 7.02. The Bertz CT molecular complexity index is 1610. The van der Waals surface area contributed by atoms with Gasteiger partial charge in [-0.25, -0.2) is 9.79 Å². The number of methoxy groups -OCH3 is 1. The zero-order chi connectivity index (χ0) is 26.7. The maximum Gasteiger partial charge on any atom is 0.338 e. The molecule has 0 saturated carbocycles. The van der Waals surface area contributed by atoms with Crippen LogP contribution in [0.5, 0.6) is 11.5 Å². The Hall–Kier alpha value is -3.80. The van der Waals surface area contributed by atoms with E-state index in [1.807, 2.05) is 31.2 Å². The number of carbonyl (C=O) groups is 1. The highest BCUT2D eigenvalue weighted by molar-refractivity contribution is 7.07. The highest BCUT2D eigenvalue weighted by atomic mass is 35.5. The number of carbonyl (C=O) groups excluding carboxylic acids is 1. The molecule has 0 fully saturated rings. The van der Waals surface area contributed by atoms with Crippen molar-refractivity contribution in [1.29, 1.82) is 0 Å². The minimum atomic E-state index is -0.671. The van der Waals surface area contributed by atoms with Crippen LogP contribution in [-0.2, 0) is 9.53 Å². The Morgan fingerprint density at radius 1 is 1.27 bits per heavy atom. The van der Waals surface area contributed by atoms with Crippen molar-refractivity contribution in [2.45, 2.75) is 26.8 Å². The van der Waals surface area contributed by atoms with Crippen LogP contribution in [-0.4, -0.2) is 30.9 Å². The summed E-state index contributed by atoms with van der Waals surface area (Å²) in [6, 6.07) is 10.4. The van der Waals surface area contributed by atoms with Gasteiger partial charge in [0, 0.05) is 0 Å². The van der Waals surface area contributed by atoms with Crippen molar-refractivity contribution in [3.63, 3.8) is 0 Å². The maximum absolute atomic E-state index is 13.7. The van der Waals surface area contributed by atoms with E-state index >= 15 is 0 Å². The van der Waals surface area contributed by atoms with Crippen LogP contribution in [0.25, 0.3) is 6.08 Å². The van der Waals surface area contributed by atoms with Crippen molar-refractivity contribution in [2.75, 3.05) is 20.3 Å². The molecular weight excluding hydrogens is 512 g/mol. The Kier molecular flexibility index (Phi) is 7.86. The summed E-state index contributed by atoms with van der Waals surface area (Å²) >= 11 is 7.65. The van der Waals surface area contributed by atoms with Gasteiger partial charge in [-0.1, -0.05) is 58.7 Å². The number of allylic oxidation sites excluding steroid dienone is 1. The van der Waals surface area contributed by atoms with Gasteiger partial charge in [-0.3, -0.25) is 9.36 Å². The largest absolute Gasteiger partial charge is 0.493 e. The molecule has 0 saturated heterocycles. The summed E-state index contributed by atoms with van der Waals surface area (Å²) in [7, 11) is 1.49. The van der Waals surface area contributed by atoms with Crippen molar-refractivity contribution >= 4 is 35.0 Å². The smallest absolute Gasteiger partial charge is 0.338 e. The van der Waals surface area contributed by atoms with Crippen molar-refractivity contribution in [2.24, 2.45) is 4.99 Å². The van der Waals surface area contributed by atoms with E-state index in [0.29, 0.717) is 42.7 Å². The molecule has 37 heavy (non-hydrogen) atoms. The number of hydrogen-bond acceptors (Lipinski definition) is 7. The number of aryl methyl sites for hydroxylation is 1. The Morgan fingerprint density at radius 2 is 2.00 bits per heavy atom. The van der Waals surface area contributed by atoms with E-state index in [1.54, 1.807) is 36.6 Å². The van der Waals surface area contributed by atoms with Gasteiger partial charge in [-0.15, -0.1) is 6.42 Å². The Labute approximate surface area is 223 Å². The highest BCUT2D eigenvalue weighted by Gasteiger charge is 2.33. The lowest BCUT2D eigenvalue weighted by atomic mass is 9.95. The van der Waals surface area contributed by atoms with Gasteiger partial charge in [0.25, 0.3) is 5.56 Å². The number of ether oxygens (including phenoxy) is 3. The highest BCUT2D eigenvalue weighted by Crippen LogP contribution is 2.36. The molecule has 1 aliphatic rings. The minimum absolute atomic E-state index is 0.0369. The second-order valence-corrected chi connectivity index (χ2v) is 9.66. The molecule has 2 heterocycles. The molecule has 0 radical (unpaired) electrons. The average molecular weight is 537 g/mol. The lowest BCUT2D eigenvalue weighted by Gasteiger charge is -2.24. The molecule has 3 aromatic rings. The predicted octanol–water partition coefficient (Wildman–Crippen LogP) is 3.78. The molecular formula is C28H25ClN2O5S. The number of nitrogens with zero attached hydrogens (tertiary/aromatic N) is 2. The van der Waals surface area contributed by atoms with E-state index < -0.39 is 12.0 Å². The Morgan fingerprint density at radius 3 is 2.65 bits per heavy atom. The van der Waals surface area contributed by atoms with Crippen LogP contribution in [0.15, 0.2) is 57.5 Å². The second kappa shape index (κ2) is 11.1. The molecule has 1 atom stereocenters. The van der Waals surface area contributed by atoms with E-state index in [4.69, 9.17) is 32.2 Å². The molecule has 4 rings (SSSR count). The summed E-state index contributed by atoms with van der Waals surface area (Å²) in [6.45, 7) is 5.72. The van der Waals surface area contributed by atoms with Gasteiger partial charge in [0.05, 0.1) is 40.6 Å². The lowest BCUT2D eigenvalue weighted by Crippen LogP contribution is -2.39. The SMILES string of the molecule is C#CCOc1c(Cl)cc(/C=c2/sc3n(c2=O)[C@H](c2ccc(C)cc2)C(C(=O)OCC)=C(C)N=3)cc1OC. The van der Waals surface area contributed by atoms with E-state index in [9.17, 15) is 9.59 Å². The van der Waals surface area contributed by atoms with Crippen LogP contribution in [0, 0.1) is 19.3 Å². The number of fused-ring (bicyclic) bond motifs is 1. The third-order valence-electron chi connectivity index (χ3n) is 5.76. The first kappa shape index (κ1) is 26.3. The monoisotopic (exact) mass is 536 g/mol. The van der Waals surface area contributed by atoms with E-state index in [0.717, 1.165) is 11.1 Å². The number of aromatic nitrogens is 1. The summed E-state index contributed by atoms with van der Waals surface area (Å²) in [4.78, 5) is 31.8. The average Bonchev–Trinajstić information content (AvgIpc) is 3.17. The number of hydrogen-bond donors (Lipinski definition) is 0. The van der Waals surface area contributed by atoms with E-state index in [2.05, 4.69) is 10.9 Å². The summed E-state index contributed by atoms with van der Waals surface area (Å²) in [5.74, 6) is 2.61. The summed E-state index contributed by atoms with van der Waals surface area (Å²) < 4.78 is 18.2. The molecule has 0 N–H and O–H groups in total. The van der Waals surface area contributed by atoms with Crippen molar-refractivity contribution in [3.8, 4) is 23.8 Å². The van der Waals surface area contributed by atoms with Gasteiger partial charge in [0.2, 0.25) is 0 Å². The van der Waals surface area contributed by atoms with E-state index in [1.165, 1.54) is 18.4 Å². The zero-order valence-electron chi connectivity index (χ0n) is 20.8. The number of thiazole rings is 1. The van der Waals surface area contributed by atoms with Gasteiger partial charge >= 0.3 is 5.97 Å². The quantitative estimate of drug-likeness (QED) is 0.339. The van der Waals surface area contributed by atoms with Crippen molar-refractivity contribution in [1.82, 2.24) is 4.57 Å². The fourth-order valence-corrected chi connectivity index (χ4v) is 5.40. The third kappa shape index (κ3) is 5.19. The van der Waals surface area contributed by atoms with Crippen LogP contribution in [0.2, 0.25) is 5.02 Å². The molecule has 0 spiro atoms. The van der Waals surface area contributed by atoms with Crippen molar-refractivity contribution < 1.29 is 19.0 Å². The molecule has 1 aliphatic heterocycles. The number of rotatable bonds is 7. The van der Waals surface area contributed by atoms with Gasteiger partial charge < -0.3 is 14.2 Å². The summed E-state index contributed by atoms with van der Waals surface area (Å²) in [6.07, 6.45) is 7.00. The number of esters is 1. The predicted molar refractivity (Wildman–Crippen MR) is 144 cm³/mol. The van der Waals surface area contributed by atoms with Crippen LogP contribution >= 0.6 is 22.9 Å². The normalized spacial score (nSPS) is 15.0. The minimum Gasteiger partial charge on any atom is -0.493 e. The number of halogens is 1. The molecule has 0 amide bonds. The van der Waals surface area contributed by atoms with Gasteiger partial charge in [0.1, 0.15) is 6.61 Å². The van der Waals surface area contributed by atoms with Gasteiger partial charge in [0.15, 0.2) is 16.3 Å². The number of terminal acetylenes is 1. The van der Waals surface area contributed by atoms with Crippen LogP contribution in [0.1, 0.15) is 36.6 Å².